The number of para-hydroxylation sites is 2. The van der Waals surface area contributed by atoms with Crippen LogP contribution in [0, 0.1) is 11.8 Å². The Morgan fingerprint density at radius 2 is 1.89 bits per heavy atom. The summed E-state index contributed by atoms with van der Waals surface area (Å²) in [5, 5.41) is 3.58. The summed E-state index contributed by atoms with van der Waals surface area (Å²) in [6, 6.07) is 8.29. The van der Waals surface area contributed by atoms with Crippen molar-refractivity contribution < 1.29 is 4.74 Å². The summed E-state index contributed by atoms with van der Waals surface area (Å²) in [5.41, 5.74) is 1.15. The van der Waals surface area contributed by atoms with Crippen LogP contribution >= 0.6 is 0 Å². The molecule has 1 aliphatic rings. The highest BCUT2D eigenvalue weighted by Crippen LogP contribution is 2.30. The average Bonchev–Trinajstić information content (AvgIpc) is 2.45. The molecule has 0 heterocycles. The Morgan fingerprint density at radius 1 is 1.16 bits per heavy atom. The summed E-state index contributed by atoms with van der Waals surface area (Å²) >= 11 is 0. The standard InChI is InChI=1S/C17H27NO/c1-3-12-19-17-7-5-4-6-16(17)18-13-15-10-8-14(2)9-11-15/h4-7,14-15,18H,3,8-13H2,1-2H3. The van der Waals surface area contributed by atoms with Crippen molar-refractivity contribution in [1.82, 2.24) is 0 Å². The van der Waals surface area contributed by atoms with E-state index in [1.54, 1.807) is 0 Å². The molecule has 0 amide bonds. The minimum absolute atomic E-state index is 0.791. The van der Waals surface area contributed by atoms with Crippen molar-refractivity contribution >= 4 is 5.69 Å². The summed E-state index contributed by atoms with van der Waals surface area (Å²) in [6.45, 7) is 6.38. The lowest BCUT2D eigenvalue weighted by molar-refractivity contribution is 0.299. The predicted molar refractivity (Wildman–Crippen MR) is 81.8 cm³/mol. The normalized spacial score (nSPS) is 23.1. The van der Waals surface area contributed by atoms with E-state index in [9.17, 15) is 0 Å². The Kier molecular flexibility index (Phi) is 5.56. The van der Waals surface area contributed by atoms with Gasteiger partial charge in [-0.3, -0.25) is 0 Å². The number of anilines is 1. The maximum atomic E-state index is 5.78. The van der Waals surface area contributed by atoms with Crippen molar-refractivity contribution in [2.24, 2.45) is 11.8 Å². The lowest BCUT2D eigenvalue weighted by Gasteiger charge is -2.26. The number of benzene rings is 1. The first kappa shape index (κ1) is 14.2. The van der Waals surface area contributed by atoms with Crippen LogP contribution in [0.5, 0.6) is 5.75 Å². The topological polar surface area (TPSA) is 21.3 Å². The Bertz CT molecular complexity index is 369. The monoisotopic (exact) mass is 261 g/mol. The van der Waals surface area contributed by atoms with Crippen molar-refractivity contribution in [2.45, 2.75) is 46.0 Å². The predicted octanol–water partition coefficient (Wildman–Crippen LogP) is 4.71. The second-order valence-electron chi connectivity index (χ2n) is 5.85. The number of hydrogen-bond acceptors (Lipinski definition) is 2. The van der Waals surface area contributed by atoms with Crippen LogP contribution in [0.4, 0.5) is 5.69 Å². The number of ether oxygens (including phenoxy) is 1. The fourth-order valence-electron chi connectivity index (χ4n) is 2.74. The van der Waals surface area contributed by atoms with Gasteiger partial charge in [0.2, 0.25) is 0 Å². The first-order valence-electron chi connectivity index (χ1n) is 7.75. The largest absolute Gasteiger partial charge is 0.491 e. The first-order chi connectivity index (χ1) is 9.29. The fourth-order valence-corrected chi connectivity index (χ4v) is 2.74. The van der Waals surface area contributed by atoms with Gasteiger partial charge in [-0.1, -0.05) is 38.8 Å². The Balaban J connectivity index is 1.84. The Labute approximate surface area is 117 Å². The van der Waals surface area contributed by atoms with Crippen LogP contribution in [0.2, 0.25) is 0 Å². The van der Waals surface area contributed by atoms with Gasteiger partial charge in [0.25, 0.3) is 0 Å². The van der Waals surface area contributed by atoms with E-state index in [4.69, 9.17) is 4.74 Å². The zero-order valence-corrected chi connectivity index (χ0v) is 12.3. The van der Waals surface area contributed by atoms with Gasteiger partial charge in [0.05, 0.1) is 12.3 Å². The summed E-state index contributed by atoms with van der Waals surface area (Å²) < 4.78 is 5.78. The van der Waals surface area contributed by atoms with Crippen LogP contribution < -0.4 is 10.1 Å². The number of rotatable bonds is 6. The quantitative estimate of drug-likeness (QED) is 0.800. The highest BCUT2D eigenvalue weighted by Gasteiger charge is 2.18. The SMILES string of the molecule is CCCOc1ccccc1NCC1CCC(C)CC1. The van der Waals surface area contributed by atoms with Gasteiger partial charge < -0.3 is 10.1 Å². The van der Waals surface area contributed by atoms with E-state index in [0.29, 0.717) is 0 Å². The van der Waals surface area contributed by atoms with E-state index < -0.39 is 0 Å². The maximum absolute atomic E-state index is 5.78. The first-order valence-corrected chi connectivity index (χ1v) is 7.75. The minimum atomic E-state index is 0.791. The minimum Gasteiger partial charge on any atom is -0.491 e. The molecule has 0 saturated heterocycles. The van der Waals surface area contributed by atoms with Gasteiger partial charge >= 0.3 is 0 Å². The molecular formula is C17H27NO. The molecule has 1 aliphatic carbocycles. The molecule has 0 unspecified atom stereocenters. The molecule has 0 atom stereocenters. The van der Waals surface area contributed by atoms with E-state index in [0.717, 1.165) is 42.8 Å². The van der Waals surface area contributed by atoms with Crippen molar-refractivity contribution in [3.63, 3.8) is 0 Å². The zero-order valence-electron chi connectivity index (χ0n) is 12.3. The lowest BCUT2D eigenvalue weighted by Crippen LogP contribution is -2.20. The number of nitrogens with one attached hydrogen (secondary N) is 1. The van der Waals surface area contributed by atoms with E-state index in [1.165, 1.54) is 25.7 Å². The number of hydrogen-bond donors (Lipinski definition) is 1. The molecule has 2 nitrogen and oxygen atoms in total. The van der Waals surface area contributed by atoms with Crippen molar-refractivity contribution in [1.29, 1.82) is 0 Å². The summed E-state index contributed by atoms with van der Waals surface area (Å²) in [5.74, 6) is 2.75. The summed E-state index contributed by atoms with van der Waals surface area (Å²) in [6.07, 6.45) is 6.56. The van der Waals surface area contributed by atoms with Crippen LogP contribution in [0.15, 0.2) is 24.3 Å². The molecule has 1 fully saturated rings. The smallest absolute Gasteiger partial charge is 0.142 e. The third-order valence-corrected chi connectivity index (χ3v) is 4.07. The van der Waals surface area contributed by atoms with Crippen LogP contribution in [-0.4, -0.2) is 13.2 Å². The molecule has 106 valence electrons. The molecule has 0 aromatic heterocycles. The van der Waals surface area contributed by atoms with Crippen molar-refractivity contribution in [2.75, 3.05) is 18.5 Å². The lowest BCUT2D eigenvalue weighted by atomic mass is 9.83. The third-order valence-electron chi connectivity index (χ3n) is 4.07. The maximum Gasteiger partial charge on any atom is 0.142 e. The van der Waals surface area contributed by atoms with E-state index in [2.05, 4.69) is 37.4 Å². The molecule has 0 radical (unpaired) electrons. The third kappa shape index (κ3) is 4.45. The van der Waals surface area contributed by atoms with Crippen LogP contribution in [0.3, 0.4) is 0 Å². The highest BCUT2D eigenvalue weighted by atomic mass is 16.5. The highest BCUT2D eigenvalue weighted by molar-refractivity contribution is 5.56. The van der Waals surface area contributed by atoms with E-state index in [1.807, 2.05) is 6.07 Å². The van der Waals surface area contributed by atoms with E-state index >= 15 is 0 Å². The van der Waals surface area contributed by atoms with Crippen LogP contribution in [-0.2, 0) is 0 Å². The van der Waals surface area contributed by atoms with Gasteiger partial charge in [0, 0.05) is 6.54 Å². The molecule has 19 heavy (non-hydrogen) atoms. The molecule has 1 N–H and O–H groups in total. The van der Waals surface area contributed by atoms with E-state index in [-0.39, 0.29) is 0 Å². The molecule has 1 aromatic rings. The van der Waals surface area contributed by atoms with Gasteiger partial charge in [-0.05, 0) is 43.2 Å². The Morgan fingerprint density at radius 3 is 2.63 bits per heavy atom. The van der Waals surface area contributed by atoms with Gasteiger partial charge in [0.15, 0.2) is 0 Å². The van der Waals surface area contributed by atoms with Gasteiger partial charge in [-0.2, -0.15) is 0 Å². The molecule has 2 heteroatoms. The van der Waals surface area contributed by atoms with Crippen LogP contribution in [0.25, 0.3) is 0 Å². The average molecular weight is 261 g/mol. The molecule has 1 aromatic carbocycles. The molecule has 1 saturated carbocycles. The van der Waals surface area contributed by atoms with Crippen molar-refractivity contribution in [3.8, 4) is 5.75 Å². The summed E-state index contributed by atoms with van der Waals surface area (Å²) in [4.78, 5) is 0. The van der Waals surface area contributed by atoms with Gasteiger partial charge in [-0.25, -0.2) is 0 Å². The van der Waals surface area contributed by atoms with Gasteiger partial charge in [0.1, 0.15) is 5.75 Å². The fraction of sp³-hybridized carbons (Fsp3) is 0.647. The Hall–Kier alpha value is -1.18. The molecule has 2 rings (SSSR count). The molecular weight excluding hydrogens is 234 g/mol. The second-order valence-corrected chi connectivity index (χ2v) is 5.85. The second kappa shape index (κ2) is 7.42. The summed E-state index contributed by atoms with van der Waals surface area (Å²) in [7, 11) is 0. The zero-order chi connectivity index (χ0) is 13.5. The van der Waals surface area contributed by atoms with Gasteiger partial charge in [-0.15, -0.1) is 0 Å². The van der Waals surface area contributed by atoms with Crippen LogP contribution in [0.1, 0.15) is 46.0 Å². The molecule has 0 bridgehead atoms. The molecule has 0 spiro atoms. The molecule has 0 aliphatic heterocycles. The van der Waals surface area contributed by atoms with Crippen molar-refractivity contribution in [3.05, 3.63) is 24.3 Å².